The Kier molecular flexibility index (Phi) is 4.56. The molecule has 6 rings (SSSR count). The van der Waals surface area contributed by atoms with Gasteiger partial charge in [-0.2, -0.15) is 4.31 Å². The molecule has 0 spiro atoms. The van der Waals surface area contributed by atoms with Crippen molar-refractivity contribution in [3.63, 3.8) is 0 Å². The lowest BCUT2D eigenvalue weighted by atomic mass is 9.52. The van der Waals surface area contributed by atoms with Crippen molar-refractivity contribution >= 4 is 33.2 Å². The SMILES string of the molecule is O=S(=O)(c1cc(Cl)ccc1Cl)N1CCN(C23CC4CC(CC(C4)C2)C3)CC1. The van der Waals surface area contributed by atoms with Gasteiger partial charge in [-0.3, -0.25) is 4.90 Å². The summed E-state index contributed by atoms with van der Waals surface area (Å²) in [7, 11) is -3.60. The van der Waals surface area contributed by atoms with E-state index < -0.39 is 10.0 Å². The molecule has 1 aromatic carbocycles. The van der Waals surface area contributed by atoms with Gasteiger partial charge in [-0.15, -0.1) is 0 Å². The van der Waals surface area contributed by atoms with Crippen molar-refractivity contribution in [1.82, 2.24) is 9.21 Å². The van der Waals surface area contributed by atoms with Crippen LogP contribution in [-0.4, -0.2) is 49.3 Å². The van der Waals surface area contributed by atoms with Gasteiger partial charge in [0.1, 0.15) is 4.90 Å². The summed E-state index contributed by atoms with van der Waals surface area (Å²) in [5, 5.41) is 0.632. The maximum absolute atomic E-state index is 13.1. The van der Waals surface area contributed by atoms with Crippen molar-refractivity contribution in [2.45, 2.75) is 49.0 Å². The van der Waals surface area contributed by atoms with Crippen LogP contribution >= 0.6 is 23.2 Å². The number of benzene rings is 1. The maximum atomic E-state index is 13.1. The molecule has 7 heteroatoms. The highest BCUT2D eigenvalue weighted by Crippen LogP contribution is 2.57. The number of rotatable bonds is 3. The Labute approximate surface area is 171 Å². The van der Waals surface area contributed by atoms with Gasteiger partial charge in [-0.1, -0.05) is 23.2 Å². The van der Waals surface area contributed by atoms with Crippen molar-refractivity contribution in [3.8, 4) is 0 Å². The number of hydrogen-bond donors (Lipinski definition) is 0. The maximum Gasteiger partial charge on any atom is 0.244 e. The van der Waals surface area contributed by atoms with Crippen LogP contribution in [0.15, 0.2) is 23.1 Å². The zero-order chi connectivity index (χ0) is 18.8. The summed E-state index contributed by atoms with van der Waals surface area (Å²) < 4.78 is 27.7. The average Bonchev–Trinajstić information content (AvgIpc) is 2.63. The van der Waals surface area contributed by atoms with Crippen molar-refractivity contribution in [1.29, 1.82) is 0 Å². The number of nitrogens with zero attached hydrogens (tertiary/aromatic N) is 2. The molecule has 1 aromatic rings. The van der Waals surface area contributed by atoms with Crippen molar-refractivity contribution in [2.24, 2.45) is 17.8 Å². The Balaban J connectivity index is 1.33. The number of hydrogen-bond acceptors (Lipinski definition) is 3. The third-order valence-electron chi connectivity index (χ3n) is 7.43. The molecule has 4 aliphatic carbocycles. The van der Waals surface area contributed by atoms with Crippen LogP contribution in [0.2, 0.25) is 10.0 Å². The summed E-state index contributed by atoms with van der Waals surface area (Å²) in [6.07, 6.45) is 8.27. The number of halogens is 2. The second-order valence-electron chi connectivity index (χ2n) is 9.11. The average molecular weight is 429 g/mol. The largest absolute Gasteiger partial charge is 0.295 e. The number of sulfonamides is 1. The lowest BCUT2D eigenvalue weighted by Crippen LogP contribution is -2.64. The van der Waals surface area contributed by atoms with Gasteiger partial charge in [-0.25, -0.2) is 8.42 Å². The van der Waals surface area contributed by atoms with Gasteiger partial charge in [-0.05, 0) is 74.5 Å². The highest BCUT2D eigenvalue weighted by atomic mass is 35.5. The quantitative estimate of drug-likeness (QED) is 0.721. The first-order valence-corrected chi connectivity index (χ1v) is 12.3. The van der Waals surface area contributed by atoms with Gasteiger partial charge in [0.2, 0.25) is 10.0 Å². The molecule has 1 aliphatic heterocycles. The molecule has 4 saturated carbocycles. The second kappa shape index (κ2) is 6.60. The van der Waals surface area contributed by atoms with Crippen LogP contribution in [0.25, 0.3) is 0 Å². The third kappa shape index (κ3) is 3.14. The Morgan fingerprint density at radius 1 is 0.889 bits per heavy atom. The highest BCUT2D eigenvalue weighted by molar-refractivity contribution is 7.89. The minimum absolute atomic E-state index is 0.125. The van der Waals surface area contributed by atoms with E-state index in [1.165, 1.54) is 44.6 Å². The van der Waals surface area contributed by atoms with Crippen molar-refractivity contribution < 1.29 is 8.42 Å². The smallest absolute Gasteiger partial charge is 0.244 e. The van der Waals surface area contributed by atoms with Crippen LogP contribution in [0.3, 0.4) is 0 Å². The zero-order valence-corrected chi connectivity index (χ0v) is 17.7. The molecule has 0 aromatic heterocycles. The fraction of sp³-hybridized carbons (Fsp3) is 0.700. The molecule has 0 atom stereocenters. The first kappa shape index (κ1) is 18.7. The lowest BCUT2D eigenvalue weighted by Gasteiger charge is -2.61. The van der Waals surface area contributed by atoms with Gasteiger partial charge >= 0.3 is 0 Å². The number of piperazine rings is 1. The first-order valence-electron chi connectivity index (χ1n) is 10.1. The molecule has 1 heterocycles. The fourth-order valence-corrected chi connectivity index (χ4v) is 8.83. The monoisotopic (exact) mass is 428 g/mol. The molecule has 1 saturated heterocycles. The normalized spacial score (nSPS) is 37.0. The van der Waals surface area contributed by atoms with Crippen molar-refractivity contribution in [2.75, 3.05) is 26.2 Å². The van der Waals surface area contributed by atoms with E-state index in [1.807, 2.05) is 0 Å². The molecule has 4 bridgehead atoms. The molecule has 4 nitrogen and oxygen atoms in total. The van der Waals surface area contributed by atoms with E-state index in [2.05, 4.69) is 4.90 Å². The molecule has 0 N–H and O–H groups in total. The summed E-state index contributed by atoms with van der Waals surface area (Å²) in [6, 6.07) is 4.64. The van der Waals surface area contributed by atoms with Crippen LogP contribution in [0.1, 0.15) is 38.5 Å². The van der Waals surface area contributed by atoms with Gasteiger partial charge in [0.05, 0.1) is 5.02 Å². The van der Waals surface area contributed by atoms with Gasteiger partial charge < -0.3 is 0 Å². The standard InChI is InChI=1S/C20H26Cl2N2O2S/c21-17-1-2-18(22)19(10-17)27(25,26)24-5-3-23(4-6-24)20-11-14-7-15(12-20)9-16(8-14)13-20/h1-2,10,14-16H,3-9,11-13H2. The molecule has 27 heavy (non-hydrogen) atoms. The predicted octanol–water partition coefficient (Wildman–Crippen LogP) is 4.27. The first-order chi connectivity index (χ1) is 12.9. The third-order valence-corrected chi connectivity index (χ3v) is 10.0. The minimum atomic E-state index is -3.60. The Bertz CT molecular complexity index is 814. The van der Waals surface area contributed by atoms with E-state index in [-0.39, 0.29) is 9.92 Å². The molecule has 0 amide bonds. The van der Waals surface area contributed by atoms with Crippen LogP contribution in [0, 0.1) is 17.8 Å². The summed E-state index contributed by atoms with van der Waals surface area (Å²) in [4.78, 5) is 2.75. The van der Waals surface area contributed by atoms with E-state index in [0.717, 1.165) is 30.8 Å². The Hall–Kier alpha value is -0.330. The van der Waals surface area contributed by atoms with Crippen LogP contribution in [0.5, 0.6) is 0 Å². The summed E-state index contributed by atoms with van der Waals surface area (Å²) >= 11 is 12.2. The minimum Gasteiger partial charge on any atom is -0.295 e. The fourth-order valence-electron chi connectivity index (χ4n) is 6.67. The van der Waals surface area contributed by atoms with Crippen LogP contribution < -0.4 is 0 Å². The van der Waals surface area contributed by atoms with E-state index in [4.69, 9.17) is 23.2 Å². The van der Waals surface area contributed by atoms with Crippen molar-refractivity contribution in [3.05, 3.63) is 28.2 Å². The summed E-state index contributed by atoms with van der Waals surface area (Å²) in [5.74, 6) is 2.72. The Morgan fingerprint density at radius 3 is 2.00 bits per heavy atom. The molecular weight excluding hydrogens is 403 g/mol. The molecule has 5 fully saturated rings. The second-order valence-corrected chi connectivity index (χ2v) is 11.9. The summed E-state index contributed by atoms with van der Waals surface area (Å²) in [6.45, 7) is 2.72. The van der Waals surface area contributed by atoms with Crippen LogP contribution in [-0.2, 0) is 10.0 Å². The van der Waals surface area contributed by atoms with Crippen LogP contribution in [0.4, 0.5) is 0 Å². The van der Waals surface area contributed by atoms with Gasteiger partial charge in [0.25, 0.3) is 0 Å². The van der Waals surface area contributed by atoms with Gasteiger partial charge in [0.15, 0.2) is 0 Å². The molecule has 0 unspecified atom stereocenters. The predicted molar refractivity (Wildman–Crippen MR) is 108 cm³/mol. The molecule has 0 radical (unpaired) electrons. The van der Waals surface area contributed by atoms with E-state index in [0.29, 0.717) is 23.7 Å². The lowest BCUT2D eigenvalue weighted by molar-refractivity contribution is -0.0964. The van der Waals surface area contributed by atoms with E-state index in [1.54, 1.807) is 16.4 Å². The zero-order valence-electron chi connectivity index (χ0n) is 15.4. The molecule has 148 valence electrons. The van der Waals surface area contributed by atoms with E-state index >= 15 is 0 Å². The highest BCUT2D eigenvalue weighted by Gasteiger charge is 2.54. The molecule has 5 aliphatic rings. The van der Waals surface area contributed by atoms with Gasteiger partial charge in [0, 0.05) is 36.7 Å². The summed E-state index contributed by atoms with van der Waals surface area (Å²) in [5.41, 5.74) is 0.346. The molecular formula is C20H26Cl2N2O2S. The Morgan fingerprint density at radius 2 is 1.44 bits per heavy atom. The topological polar surface area (TPSA) is 40.6 Å². The van der Waals surface area contributed by atoms with E-state index in [9.17, 15) is 8.42 Å².